The number of rotatable bonds is 12. The van der Waals surface area contributed by atoms with Gasteiger partial charge in [-0.2, -0.15) is 0 Å². The fraction of sp³-hybridized carbons (Fsp3) is 0.962. The van der Waals surface area contributed by atoms with Crippen LogP contribution >= 0.6 is 0 Å². The average Bonchev–Trinajstić information content (AvgIpc) is 2.95. The van der Waals surface area contributed by atoms with E-state index in [-0.39, 0.29) is 31.5 Å². The van der Waals surface area contributed by atoms with E-state index in [0.717, 1.165) is 45.9 Å². The second kappa shape index (κ2) is 21.6. The molecule has 3 aliphatic rings. The molecule has 2 aliphatic heterocycles. The number of ether oxygens (including phenoxy) is 3. The molecule has 2 saturated heterocycles. The first-order chi connectivity index (χ1) is 19.6. The highest BCUT2D eigenvalue weighted by Crippen LogP contribution is 2.27. The predicted octanol–water partition coefficient (Wildman–Crippen LogP) is -3.80. The third-order valence-electron chi connectivity index (χ3n) is 7.05. The lowest BCUT2D eigenvalue weighted by molar-refractivity contribution is -0.237. The number of nitrogens with one attached hydrogen (secondary N) is 3. The van der Waals surface area contributed by atoms with Crippen LogP contribution in [0, 0.1) is 0 Å². The molecule has 0 spiro atoms. The largest absolute Gasteiger partial charge is 0.400 e. The summed E-state index contributed by atoms with van der Waals surface area (Å²) in [5.41, 5.74) is 11.8. The summed E-state index contributed by atoms with van der Waals surface area (Å²) in [7, 11) is 2.76. The number of hydrogen-bond acceptors (Lipinski definition) is 14. The van der Waals surface area contributed by atoms with E-state index in [0.29, 0.717) is 32.4 Å². The zero-order chi connectivity index (χ0) is 30.8. The van der Waals surface area contributed by atoms with Gasteiger partial charge in [-0.15, -0.1) is 0 Å². The van der Waals surface area contributed by atoms with E-state index in [1.807, 2.05) is 0 Å². The van der Waals surface area contributed by atoms with Crippen LogP contribution in [0.2, 0.25) is 0 Å². The third kappa shape index (κ3) is 14.8. The molecule has 244 valence electrons. The molecule has 0 aromatic carbocycles. The Kier molecular flexibility index (Phi) is 20.0. The number of nitrogens with two attached hydrogens (primary N) is 2. The van der Waals surface area contributed by atoms with Crippen LogP contribution in [0.5, 0.6) is 0 Å². The molecule has 1 aliphatic carbocycles. The van der Waals surface area contributed by atoms with Gasteiger partial charge < -0.3 is 72.3 Å². The SMILES string of the molecule is CNCCC(O)C(=O)NC1CC(N)[C@@H](O[C@@H]2CCCC(CNCCCN)O2)C(O)C1.CO.OC1COC(O)C(O)C1. The van der Waals surface area contributed by atoms with E-state index >= 15 is 0 Å². The summed E-state index contributed by atoms with van der Waals surface area (Å²) in [6.07, 6.45) is -0.427. The first-order valence-corrected chi connectivity index (χ1v) is 14.5. The average molecular weight is 598 g/mol. The van der Waals surface area contributed by atoms with Gasteiger partial charge in [-0.05, 0) is 71.6 Å². The molecule has 0 radical (unpaired) electrons. The number of hydrogen-bond donors (Lipinski definition) is 11. The van der Waals surface area contributed by atoms with Crippen LogP contribution in [-0.2, 0) is 19.0 Å². The second-order valence-electron chi connectivity index (χ2n) is 10.6. The van der Waals surface area contributed by atoms with Crippen molar-refractivity contribution in [2.24, 2.45) is 11.5 Å². The summed E-state index contributed by atoms with van der Waals surface area (Å²) in [6.45, 7) is 2.94. The van der Waals surface area contributed by atoms with Crippen LogP contribution in [0.15, 0.2) is 0 Å². The maximum absolute atomic E-state index is 12.1. The molecule has 0 aromatic heterocycles. The summed E-state index contributed by atoms with van der Waals surface area (Å²) in [4.78, 5) is 12.1. The van der Waals surface area contributed by atoms with Crippen molar-refractivity contribution in [2.75, 3.05) is 46.9 Å². The van der Waals surface area contributed by atoms with Gasteiger partial charge in [0, 0.05) is 32.2 Å². The second-order valence-corrected chi connectivity index (χ2v) is 10.6. The van der Waals surface area contributed by atoms with Crippen molar-refractivity contribution in [3.63, 3.8) is 0 Å². The third-order valence-corrected chi connectivity index (χ3v) is 7.05. The smallest absolute Gasteiger partial charge is 0.249 e. The molecule has 1 saturated carbocycles. The molecule has 15 heteroatoms. The van der Waals surface area contributed by atoms with E-state index in [9.17, 15) is 15.0 Å². The molecule has 1 amide bonds. The molecule has 13 N–H and O–H groups in total. The number of carbonyl (C=O) groups excluding carboxylic acids is 1. The zero-order valence-electron chi connectivity index (χ0n) is 24.4. The minimum Gasteiger partial charge on any atom is -0.400 e. The topological polar surface area (TPSA) is 254 Å². The van der Waals surface area contributed by atoms with Gasteiger partial charge in [0.05, 0.1) is 24.9 Å². The lowest BCUT2D eigenvalue weighted by Gasteiger charge is -2.41. The first kappa shape index (κ1) is 38.0. The first-order valence-electron chi connectivity index (χ1n) is 14.5. The molecule has 10 atom stereocenters. The van der Waals surface area contributed by atoms with Gasteiger partial charge in [-0.25, -0.2) is 0 Å². The van der Waals surface area contributed by atoms with Crippen LogP contribution in [0.3, 0.4) is 0 Å². The molecular weight excluding hydrogens is 542 g/mol. The highest BCUT2D eigenvalue weighted by Gasteiger charge is 2.39. The Morgan fingerprint density at radius 1 is 1.07 bits per heavy atom. The van der Waals surface area contributed by atoms with E-state index < -0.39 is 48.8 Å². The van der Waals surface area contributed by atoms with Crippen LogP contribution in [0.4, 0.5) is 0 Å². The van der Waals surface area contributed by atoms with E-state index in [1.165, 1.54) is 0 Å². The van der Waals surface area contributed by atoms with E-state index in [2.05, 4.69) is 20.7 Å². The molecule has 0 aromatic rings. The standard InChI is InChI=1S/C20H41N5O5.C5H10O4.CH4O/c1-23-9-6-16(26)20(28)25-13-10-15(22)19(17(27)11-13)30-18-5-2-4-14(29-18)12-24-8-3-7-21;6-3-1-4(7)5(8)9-2-3;1-2/h13-19,23-24,26-27H,2-12,21-22H2,1H3,(H,25,28);3-8H,1-2H2;2H,1H3/t13?,14?,15?,16?,17?,18-,19-;;/m1../s1. The molecule has 0 bridgehead atoms. The minimum atomic E-state index is -1.12. The maximum Gasteiger partial charge on any atom is 0.249 e. The van der Waals surface area contributed by atoms with Crippen molar-refractivity contribution < 1.29 is 49.6 Å². The van der Waals surface area contributed by atoms with Gasteiger partial charge in [0.25, 0.3) is 0 Å². The van der Waals surface area contributed by atoms with Gasteiger partial charge in [0.2, 0.25) is 5.91 Å². The van der Waals surface area contributed by atoms with Crippen molar-refractivity contribution in [1.82, 2.24) is 16.0 Å². The van der Waals surface area contributed by atoms with Gasteiger partial charge in [-0.1, -0.05) is 0 Å². The van der Waals surface area contributed by atoms with Gasteiger partial charge in [0.15, 0.2) is 12.6 Å². The Balaban J connectivity index is 0.000000641. The Morgan fingerprint density at radius 3 is 2.41 bits per heavy atom. The molecule has 3 fully saturated rings. The summed E-state index contributed by atoms with van der Waals surface area (Å²) in [5, 5.41) is 62.9. The highest BCUT2D eigenvalue weighted by atomic mass is 16.7. The number of amides is 1. The van der Waals surface area contributed by atoms with Gasteiger partial charge in [-0.3, -0.25) is 4.79 Å². The zero-order valence-corrected chi connectivity index (χ0v) is 24.4. The lowest BCUT2D eigenvalue weighted by Crippen LogP contribution is -2.58. The fourth-order valence-electron chi connectivity index (χ4n) is 4.85. The Morgan fingerprint density at radius 2 is 1.80 bits per heavy atom. The molecule has 15 nitrogen and oxygen atoms in total. The number of aliphatic hydroxyl groups is 6. The lowest BCUT2D eigenvalue weighted by atomic mass is 9.86. The Hall–Kier alpha value is -1.05. The summed E-state index contributed by atoms with van der Waals surface area (Å²) < 4.78 is 16.6. The van der Waals surface area contributed by atoms with E-state index in [4.69, 9.17) is 41.4 Å². The summed E-state index contributed by atoms with van der Waals surface area (Å²) in [6, 6.07) is -0.724. The van der Waals surface area contributed by atoms with Crippen LogP contribution in [0.25, 0.3) is 0 Å². The Labute approximate surface area is 242 Å². The van der Waals surface area contributed by atoms with Crippen molar-refractivity contribution in [3.8, 4) is 0 Å². The van der Waals surface area contributed by atoms with Crippen molar-refractivity contribution >= 4 is 5.91 Å². The maximum atomic E-state index is 12.1. The summed E-state index contributed by atoms with van der Waals surface area (Å²) >= 11 is 0. The van der Waals surface area contributed by atoms with Crippen LogP contribution < -0.4 is 27.4 Å². The molecule has 8 unspecified atom stereocenters. The van der Waals surface area contributed by atoms with Crippen LogP contribution in [0.1, 0.15) is 51.4 Å². The van der Waals surface area contributed by atoms with Gasteiger partial charge in [0.1, 0.15) is 18.3 Å². The normalized spacial score (nSPS) is 34.3. The molecule has 3 rings (SSSR count). The quantitative estimate of drug-likeness (QED) is 0.0965. The predicted molar refractivity (Wildman–Crippen MR) is 150 cm³/mol. The monoisotopic (exact) mass is 597 g/mol. The van der Waals surface area contributed by atoms with Crippen LogP contribution in [-0.4, -0.2) is 145 Å². The van der Waals surface area contributed by atoms with Gasteiger partial charge >= 0.3 is 0 Å². The van der Waals surface area contributed by atoms with Crippen molar-refractivity contribution in [2.45, 2.75) is 113 Å². The Bertz CT molecular complexity index is 673. The molecule has 2 heterocycles. The van der Waals surface area contributed by atoms with Crippen molar-refractivity contribution in [1.29, 1.82) is 0 Å². The highest BCUT2D eigenvalue weighted by molar-refractivity contribution is 5.80. The number of aliphatic hydroxyl groups excluding tert-OH is 6. The van der Waals surface area contributed by atoms with E-state index in [1.54, 1.807) is 7.05 Å². The minimum absolute atomic E-state index is 0.0737. The number of carbonyl (C=O) groups is 1. The molecular formula is C26H55N5O10. The summed E-state index contributed by atoms with van der Waals surface area (Å²) in [5.74, 6) is -0.436. The van der Waals surface area contributed by atoms with Crippen molar-refractivity contribution in [3.05, 3.63) is 0 Å². The molecule has 41 heavy (non-hydrogen) atoms. The fourth-order valence-corrected chi connectivity index (χ4v) is 4.85.